The molecule has 0 spiro atoms. The van der Waals surface area contributed by atoms with Gasteiger partial charge < -0.3 is 14.6 Å². The molecule has 37 heavy (non-hydrogen) atoms. The second kappa shape index (κ2) is 10.3. The van der Waals surface area contributed by atoms with E-state index < -0.39 is 6.04 Å². The zero-order valence-electron chi connectivity index (χ0n) is 21.5. The zero-order valence-corrected chi connectivity index (χ0v) is 21.5. The van der Waals surface area contributed by atoms with Gasteiger partial charge in [-0.05, 0) is 62.6 Å². The summed E-state index contributed by atoms with van der Waals surface area (Å²) in [5.41, 5.74) is 6.35. The summed E-state index contributed by atoms with van der Waals surface area (Å²) >= 11 is 0. The SMILES string of the molecule is CCOc1ccc(C2NC(=O)N(c3ccc(C)cc3)C(C)=C2c2nc(-c3ccc(CC)cc3)no2)cc1. The van der Waals surface area contributed by atoms with Gasteiger partial charge in [0, 0.05) is 11.3 Å². The third-order valence-corrected chi connectivity index (χ3v) is 6.58. The molecule has 2 amide bonds. The van der Waals surface area contributed by atoms with Crippen molar-refractivity contribution in [2.45, 2.75) is 40.2 Å². The molecule has 1 N–H and O–H groups in total. The van der Waals surface area contributed by atoms with Gasteiger partial charge in [-0.1, -0.05) is 66.2 Å². The van der Waals surface area contributed by atoms with Crippen molar-refractivity contribution in [3.8, 4) is 17.1 Å². The van der Waals surface area contributed by atoms with Crippen LogP contribution in [0.5, 0.6) is 5.75 Å². The third kappa shape index (κ3) is 4.85. The van der Waals surface area contributed by atoms with Crippen LogP contribution >= 0.6 is 0 Å². The van der Waals surface area contributed by atoms with E-state index in [2.05, 4.69) is 29.5 Å². The van der Waals surface area contributed by atoms with Crippen LogP contribution in [-0.4, -0.2) is 22.8 Å². The van der Waals surface area contributed by atoms with Crippen LogP contribution in [0.2, 0.25) is 0 Å². The van der Waals surface area contributed by atoms with Crippen LogP contribution in [0.15, 0.2) is 83.0 Å². The van der Waals surface area contributed by atoms with Gasteiger partial charge in [-0.3, -0.25) is 4.90 Å². The number of ether oxygens (including phenoxy) is 1. The Morgan fingerprint density at radius 1 is 0.946 bits per heavy atom. The van der Waals surface area contributed by atoms with E-state index in [0.29, 0.717) is 18.3 Å². The van der Waals surface area contributed by atoms with E-state index in [4.69, 9.17) is 14.2 Å². The number of carbonyl (C=O) groups excluding carboxylic acids is 1. The maximum Gasteiger partial charge on any atom is 0.326 e. The molecule has 0 fully saturated rings. The summed E-state index contributed by atoms with van der Waals surface area (Å²) in [6, 6.07) is 23.0. The maximum absolute atomic E-state index is 13.4. The van der Waals surface area contributed by atoms with E-state index in [9.17, 15) is 4.79 Å². The number of urea groups is 1. The lowest BCUT2D eigenvalue weighted by Crippen LogP contribution is -2.46. The molecule has 5 rings (SSSR count). The molecule has 4 aromatic rings. The molecule has 7 nitrogen and oxygen atoms in total. The van der Waals surface area contributed by atoms with E-state index in [0.717, 1.165) is 45.8 Å². The number of nitrogens with zero attached hydrogens (tertiary/aromatic N) is 3. The van der Waals surface area contributed by atoms with Crippen molar-refractivity contribution in [2.24, 2.45) is 0 Å². The smallest absolute Gasteiger partial charge is 0.326 e. The summed E-state index contributed by atoms with van der Waals surface area (Å²) in [5.74, 6) is 1.64. The van der Waals surface area contributed by atoms with Crippen molar-refractivity contribution < 1.29 is 14.1 Å². The predicted molar refractivity (Wildman–Crippen MR) is 144 cm³/mol. The number of hydrogen-bond acceptors (Lipinski definition) is 5. The van der Waals surface area contributed by atoms with Gasteiger partial charge in [-0.15, -0.1) is 0 Å². The van der Waals surface area contributed by atoms with Gasteiger partial charge in [-0.2, -0.15) is 4.98 Å². The van der Waals surface area contributed by atoms with Crippen molar-refractivity contribution in [1.29, 1.82) is 0 Å². The normalized spacial score (nSPS) is 15.6. The molecule has 1 aromatic heterocycles. The summed E-state index contributed by atoms with van der Waals surface area (Å²) in [6.45, 7) is 8.58. The Kier molecular flexibility index (Phi) is 6.77. The monoisotopic (exact) mass is 494 g/mol. The highest BCUT2D eigenvalue weighted by molar-refractivity contribution is 6.01. The fourth-order valence-corrected chi connectivity index (χ4v) is 4.54. The number of aryl methyl sites for hydroxylation is 2. The molecule has 1 unspecified atom stereocenters. The summed E-state index contributed by atoms with van der Waals surface area (Å²) in [4.78, 5) is 19.8. The van der Waals surface area contributed by atoms with E-state index in [1.807, 2.05) is 81.4 Å². The Labute approximate surface area is 216 Å². The van der Waals surface area contributed by atoms with Crippen LogP contribution in [0.4, 0.5) is 10.5 Å². The largest absolute Gasteiger partial charge is 0.494 e. The molecule has 188 valence electrons. The van der Waals surface area contributed by atoms with Crippen molar-refractivity contribution >= 4 is 17.3 Å². The van der Waals surface area contributed by atoms with Gasteiger partial charge in [-0.25, -0.2) is 4.79 Å². The fraction of sp³-hybridized carbons (Fsp3) is 0.233. The van der Waals surface area contributed by atoms with Crippen LogP contribution in [-0.2, 0) is 6.42 Å². The Balaban J connectivity index is 1.60. The molecule has 0 radical (unpaired) electrons. The lowest BCUT2D eigenvalue weighted by molar-refractivity contribution is 0.244. The second-order valence-corrected chi connectivity index (χ2v) is 9.03. The Morgan fingerprint density at radius 2 is 1.65 bits per heavy atom. The van der Waals surface area contributed by atoms with Gasteiger partial charge >= 0.3 is 6.03 Å². The van der Waals surface area contributed by atoms with Gasteiger partial charge in [0.2, 0.25) is 5.82 Å². The molecule has 0 aliphatic carbocycles. The summed E-state index contributed by atoms with van der Waals surface area (Å²) in [5, 5.41) is 7.43. The van der Waals surface area contributed by atoms with E-state index >= 15 is 0 Å². The van der Waals surface area contributed by atoms with E-state index in [-0.39, 0.29) is 6.03 Å². The summed E-state index contributed by atoms with van der Waals surface area (Å²) in [6.07, 6.45) is 0.960. The van der Waals surface area contributed by atoms with Crippen LogP contribution in [0.25, 0.3) is 17.0 Å². The maximum atomic E-state index is 13.4. The number of nitrogens with one attached hydrogen (secondary N) is 1. The Bertz CT molecular complexity index is 1420. The minimum atomic E-state index is -0.472. The van der Waals surface area contributed by atoms with Crippen LogP contribution < -0.4 is 15.0 Å². The van der Waals surface area contributed by atoms with Gasteiger partial charge in [0.15, 0.2) is 0 Å². The number of aromatic nitrogens is 2. The number of hydrogen-bond donors (Lipinski definition) is 1. The molecule has 3 aromatic carbocycles. The number of anilines is 1. The van der Waals surface area contributed by atoms with Crippen molar-refractivity contribution in [3.05, 3.63) is 101 Å². The molecule has 2 heterocycles. The lowest BCUT2D eigenvalue weighted by Gasteiger charge is -2.35. The molecule has 1 aliphatic rings. The first-order chi connectivity index (χ1) is 18.0. The van der Waals surface area contributed by atoms with Crippen LogP contribution in [0.1, 0.15) is 49.4 Å². The predicted octanol–water partition coefficient (Wildman–Crippen LogP) is 6.71. The molecule has 0 saturated carbocycles. The van der Waals surface area contributed by atoms with Crippen LogP contribution in [0, 0.1) is 6.92 Å². The first-order valence-corrected chi connectivity index (χ1v) is 12.5. The van der Waals surface area contributed by atoms with Crippen molar-refractivity contribution in [1.82, 2.24) is 15.5 Å². The number of benzene rings is 3. The first-order valence-electron chi connectivity index (χ1n) is 12.5. The van der Waals surface area contributed by atoms with Crippen molar-refractivity contribution in [2.75, 3.05) is 11.5 Å². The molecular weight excluding hydrogens is 464 g/mol. The van der Waals surface area contributed by atoms with E-state index in [1.54, 1.807) is 4.90 Å². The number of rotatable bonds is 7. The Hall–Kier alpha value is -4.39. The minimum absolute atomic E-state index is 0.223. The van der Waals surface area contributed by atoms with Gasteiger partial charge in [0.05, 0.1) is 23.9 Å². The fourth-order valence-electron chi connectivity index (χ4n) is 4.54. The molecule has 7 heteroatoms. The van der Waals surface area contributed by atoms with Gasteiger partial charge in [0.1, 0.15) is 5.75 Å². The highest BCUT2D eigenvalue weighted by atomic mass is 16.5. The highest BCUT2D eigenvalue weighted by Gasteiger charge is 2.36. The first kappa shape index (κ1) is 24.3. The highest BCUT2D eigenvalue weighted by Crippen LogP contribution is 2.39. The quantitative estimate of drug-likeness (QED) is 0.309. The average Bonchev–Trinajstić information content (AvgIpc) is 3.40. The minimum Gasteiger partial charge on any atom is -0.494 e. The van der Waals surface area contributed by atoms with Crippen molar-refractivity contribution in [3.63, 3.8) is 0 Å². The molecular formula is C30H30N4O3. The van der Waals surface area contributed by atoms with Crippen LogP contribution in [0.3, 0.4) is 0 Å². The molecule has 0 bridgehead atoms. The molecule has 1 atom stereocenters. The number of allylic oxidation sites excluding steroid dienone is 1. The second-order valence-electron chi connectivity index (χ2n) is 9.03. The third-order valence-electron chi connectivity index (χ3n) is 6.58. The van der Waals surface area contributed by atoms with Gasteiger partial charge in [0.25, 0.3) is 5.89 Å². The molecule has 0 saturated heterocycles. The standard InChI is InChI=1S/C30H30N4O3/c1-5-21-9-11-23(12-10-21)28-32-29(37-33-28)26-20(4)34(24-15-7-19(3)8-16-24)30(35)31-27(26)22-13-17-25(18-14-22)36-6-2/h7-18,27H,5-6H2,1-4H3,(H,31,35). The number of amides is 2. The molecule has 1 aliphatic heterocycles. The number of carbonyl (C=O) groups is 1. The topological polar surface area (TPSA) is 80.5 Å². The van der Waals surface area contributed by atoms with E-state index in [1.165, 1.54) is 5.56 Å². The Morgan fingerprint density at radius 3 is 2.30 bits per heavy atom. The summed E-state index contributed by atoms with van der Waals surface area (Å²) in [7, 11) is 0. The average molecular weight is 495 g/mol. The summed E-state index contributed by atoms with van der Waals surface area (Å²) < 4.78 is 11.4. The zero-order chi connectivity index (χ0) is 25.9. The lowest BCUT2D eigenvalue weighted by atomic mass is 9.94.